The molecule has 4 nitrogen and oxygen atoms in total. The highest BCUT2D eigenvalue weighted by Crippen LogP contribution is 2.28. The van der Waals surface area contributed by atoms with Crippen LogP contribution in [0.25, 0.3) is 22.6 Å². The highest BCUT2D eigenvalue weighted by molar-refractivity contribution is 6.31. The van der Waals surface area contributed by atoms with E-state index in [1.807, 2.05) is 43.3 Å². The third-order valence-corrected chi connectivity index (χ3v) is 5.82. The summed E-state index contributed by atoms with van der Waals surface area (Å²) in [7, 11) is 0. The summed E-state index contributed by atoms with van der Waals surface area (Å²) in [6, 6.07) is 18.9. The maximum atomic E-state index is 12.5. The third kappa shape index (κ3) is 4.10. The van der Waals surface area contributed by atoms with Crippen LogP contribution in [0.5, 0.6) is 0 Å². The van der Waals surface area contributed by atoms with Crippen molar-refractivity contribution in [3.8, 4) is 11.5 Å². The molecule has 0 saturated carbocycles. The summed E-state index contributed by atoms with van der Waals surface area (Å²) in [6.45, 7) is 6.29. The molecule has 0 aliphatic rings. The van der Waals surface area contributed by atoms with Gasteiger partial charge in [0.15, 0.2) is 5.58 Å². The average molecular weight is 419 g/mol. The predicted molar refractivity (Wildman–Crippen MR) is 122 cm³/mol. The quantitative estimate of drug-likeness (QED) is 0.372. The number of rotatable bonds is 5. The first kappa shape index (κ1) is 20.2. The van der Waals surface area contributed by atoms with Crippen LogP contribution in [-0.4, -0.2) is 10.9 Å². The topological polar surface area (TPSA) is 55.1 Å². The molecule has 0 aliphatic carbocycles. The number of hydrogen-bond acceptors (Lipinski definition) is 3. The fourth-order valence-electron chi connectivity index (χ4n) is 3.24. The van der Waals surface area contributed by atoms with Crippen molar-refractivity contribution in [1.29, 1.82) is 0 Å². The van der Waals surface area contributed by atoms with Crippen LogP contribution in [0.4, 0.5) is 5.69 Å². The molecule has 152 valence electrons. The number of hydrogen-bond donors (Lipinski definition) is 1. The summed E-state index contributed by atoms with van der Waals surface area (Å²) < 4.78 is 5.92. The number of aromatic nitrogens is 1. The summed E-state index contributed by atoms with van der Waals surface area (Å²) in [5.74, 6) is 0.847. The number of aryl methyl sites for hydroxylation is 1. The van der Waals surface area contributed by atoms with Crippen LogP contribution >= 0.6 is 11.6 Å². The van der Waals surface area contributed by atoms with Crippen molar-refractivity contribution in [2.75, 3.05) is 5.32 Å². The van der Waals surface area contributed by atoms with Crippen LogP contribution in [0.2, 0.25) is 5.02 Å². The second-order valence-corrected chi connectivity index (χ2v) is 7.96. The molecule has 0 saturated heterocycles. The smallest absolute Gasteiger partial charge is 0.255 e. The van der Waals surface area contributed by atoms with Gasteiger partial charge in [-0.25, -0.2) is 4.98 Å². The van der Waals surface area contributed by atoms with Gasteiger partial charge in [-0.1, -0.05) is 37.6 Å². The Bertz CT molecular complexity index is 1210. The molecule has 30 heavy (non-hydrogen) atoms. The zero-order valence-electron chi connectivity index (χ0n) is 17.2. The maximum absolute atomic E-state index is 12.5. The van der Waals surface area contributed by atoms with Crippen molar-refractivity contribution in [3.63, 3.8) is 0 Å². The first-order valence-corrected chi connectivity index (χ1v) is 10.4. The number of carbonyl (C=O) groups excluding carboxylic acids is 1. The molecule has 5 heteroatoms. The number of fused-ring (bicyclic) bond motifs is 1. The van der Waals surface area contributed by atoms with Gasteiger partial charge in [-0.2, -0.15) is 0 Å². The van der Waals surface area contributed by atoms with Crippen molar-refractivity contribution in [2.45, 2.75) is 33.1 Å². The molecule has 0 bridgehead atoms. The summed E-state index contributed by atoms with van der Waals surface area (Å²) >= 11 is 6.12. The first-order chi connectivity index (χ1) is 14.4. The summed E-state index contributed by atoms with van der Waals surface area (Å²) in [6.07, 6.45) is 1.08. The minimum Gasteiger partial charge on any atom is -0.436 e. The van der Waals surface area contributed by atoms with Gasteiger partial charge < -0.3 is 9.73 Å². The highest BCUT2D eigenvalue weighted by atomic mass is 35.5. The minimum absolute atomic E-state index is 0.205. The lowest BCUT2D eigenvalue weighted by molar-refractivity contribution is 0.102. The normalized spacial score (nSPS) is 12.1. The van der Waals surface area contributed by atoms with Crippen LogP contribution in [0, 0.1) is 6.92 Å². The van der Waals surface area contributed by atoms with Gasteiger partial charge in [0.1, 0.15) is 5.52 Å². The van der Waals surface area contributed by atoms with E-state index in [1.165, 1.54) is 5.56 Å². The number of anilines is 1. The van der Waals surface area contributed by atoms with Gasteiger partial charge in [-0.05, 0) is 78.9 Å². The first-order valence-electron chi connectivity index (χ1n) is 10.0. The van der Waals surface area contributed by atoms with Gasteiger partial charge >= 0.3 is 0 Å². The molecule has 1 N–H and O–H groups in total. The van der Waals surface area contributed by atoms with Crippen LogP contribution in [-0.2, 0) is 0 Å². The van der Waals surface area contributed by atoms with Crippen molar-refractivity contribution in [2.24, 2.45) is 0 Å². The second kappa shape index (κ2) is 8.33. The molecule has 1 aromatic heterocycles. The zero-order chi connectivity index (χ0) is 21.3. The van der Waals surface area contributed by atoms with Crippen molar-refractivity contribution >= 4 is 34.3 Å². The Kier molecular flexibility index (Phi) is 5.60. The van der Waals surface area contributed by atoms with Gasteiger partial charge in [0.2, 0.25) is 5.89 Å². The average Bonchev–Trinajstić information content (AvgIpc) is 3.19. The Hall–Kier alpha value is -3.11. The molecule has 4 aromatic rings. The Balaban J connectivity index is 1.53. The van der Waals surface area contributed by atoms with E-state index in [9.17, 15) is 4.79 Å². The monoisotopic (exact) mass is 418 g/mol. The Morgan fingerprint density at radius 3 is 2.57 bits per heavy atom. The molecule has 0 spiro atoms. The van der Waals surface area contributed by atoms with E-state index in [-0.39, 0.29) is 5.91 Å². The molecule has 1 amide bonds. The largest absolute Gasteiger partial charge is 0.436 e. The Morgan fingerprint density at radius 1 is 1.10 bits per heavy atom. The molecule has 1 unspecified atom stereocenters. The Morgan fingerprint density at radius 2 is 1.87 bits per heavy atom. The van der Waals surface area contributed by atoms with E-state index in [1.54, 1.807) is 12.1 Å². The van der Waals surface area contributed by atoms with E-state index >= 15 is 0 Å². The molecule has 3 aromatic carbocycles. The molecule has 1 heterocycles. The summed E-state index contributed by atoms with van der Waals surface area (Å²) in [4.78, 5) is 17.1. The molecule has 0 fully saturated rings. The number of amides is 1. The predicted octanol–water partition coefficient (Wildman–Crippen LogP) is 7.22. The molecule has 1 atom stereocenters. The van der Waals surface area contributed by atoms with Crippen LogP contribution in [0.1, 0.15) is 47.7 Å². The lowest BCUT2D eigenvalue weighted by Gasteiger charge is -2.07. The number of nitrogens with one attached hydrogen (secondary N) is 1. The molecule has 0 aliphatic heterocycles. The standard InChI is InChI=1S/C25H23ClN2O2/c1-4-15(2)18-9-12-23-22(14-18)28-25(30-23)17-7-10-20(11-8-17)27-24(29)19-6-5-16(3)21(26)13-19/h5-15H,4H2,1-3H3,(H,27,29). The van der Waals surface area contributed by atoms with Crippen LogP contribution in [0.15, 0.2) is 65.1 Å². The summed E-state index contributed by atoms with van der Waals surface area (Å²) in [5, 5.41) is 3.46. The Labute approximate surface area is 180 Å². The van der Waals surface area contributed by atoms with Gasteiger partial charge in [0.25, 0.3) is 5.91 Å². The third-order valence-electron chi connectivity index (χ3n) is 5.42. The second-order valence-electron chi connectivity index (χ2n) is 7.55. The van der Waals surface area contributed by atoms with E-state index < -0.39 is 0 Å². The lowest BCUT2D eigenvalue weighted by atomic mass is 9.98. The van der Waals surface area contributed by atoms with E-state index in [0.29, 0.717) is 28.1 Å². The number of carbonyl (C=O) groups is 1. The summed E-state index contributed by atoms with van der Waals surface area (Å²) in [5.41, 5.74) is 5.89. The van der Waals surface area contributed by atoms with Gasteiger partial charge in [0, 0.05) is 21.8 Å². The van der Waals surface area contributed by atoms with Crippen LogP contribution in [0.3, 0.4) is 0 Å². The molecule has 4 rings (SSSR count). The maximum Gasteiger partial charge on any atom is 0.255 e. The fraction of sp³-hybridized carbons (Fsp3) is 0.200. The molecular weight excluding hydrogens is 396 g/mol. The number of benzene rings is 3. The van der Waals surface area contributed by atoms with E-state index in [2.05, 4.69) is 36.3 Å². The number of halogens is 1. The highest BCUT2D eigenvalue weighted by Gasteiger charge is 2.12. The van der Waals surface area contributed by atoms with Crippen molar-refractivity contribution in [1.82, 2.24) is 4.98 Å². The van der Waals surface area contributed by atoms with Gasteiger partial charge in [0.05, 0.1) is 0 Å². The van der Waals surface area contributed by atoms with Gasteiger partial charge in [-0.15, -0.1) is 0 Å². The lowest BCUT2D eigenvalue weighted by Crippen LogP contribution is -2.11. The zero-order valence-corrected chi connectivity index (χ0v) is 18.0. The number of oxazole rings is 1. The fourth-order valence-corrected chi connectivity index (χ4v) is 3.42. The minimum atomic E-state index is -0.205. The van der Waals surface area contributed by atoms with Crippen LogP contribution < -0.4 is 5.32 Å². The molecular formula is C25H23ClN2O2. The number of nitrogens with zero attached hydrogens (tertiary/aromatic N) is 1. The SMILES string of the molecule is CCC(C)c1ccc2oc(-c3ccc(NC(=O)c4ccc(C)c(Cl)c4)cc3)nc2c1. The van der Waals surface area contributed by atoms with Gasteiger partial charge in [-0.3, -0.25) is 4.79 Å². The van der Waals surface area contributed by atoms with E-state index in [0.717, 1.165) is 28.6 Å². The molecule has 0 radical (unpaired) electrons. The van der Waals surface area contributed by atoms with Crippen molar-refractivity contribution in [3.05, 3.63) is 82.4 Å². The van der Waals surface area contributed by atoms with Crippen molar-refractivity contribution < 1.29 is 9.21 Å². The van der Waals surface area contributed by atoms with E-state index in [4.69, 9.17) is 16.0 Å².